The molecule has 1 heterocycles. The van der Waals surface area contributed by atoms with Gasteiger partial charge in [0.25, 0.3) is 0 Å². The lowest BCUT2D eigenvalue weighted by molar-refractivity contribution is 0.414. The molecule has 0 aliphatic rings. The first-order chi connectivity index (χ1) is 7.70. The van der Waals surface area contributed by atoms with Gasteiger partial charge in [-0.25, -0.2) is 4.39 Å². The molecule has 3 heteroatoms. The van der Waals surface area contributed by atoms with Gasteiger partial charge in [-0.3, -0.25) is 4.98 Å². The largest absolute Gasteiger partial charge is 0.497 e. The summed E-state index contributed by atoms with van der Waals surface area (Å²) in [5.74, 6) is 0.332. The summed E-state index contributed by atoms with van der Waals surface area (Å²) in [6.07, 6.45) is 1.67. The third-order valence-corrected chi connectivity index (χ3v) is 2.36. The molecule has 1 aromatic carbocycles. The van der Waals surface area contributed by atoms with Crippen molar-refractivity contribution in [3.63, 3.8) is 0 Å². The normalized spacial score (nSPS) is 10.2. The highest BCUT2D eigenvalue weighted by atomic mass is 19.1. The van der Waals surface area contributed by atoms with Crippen LogP contribution in [0.1, 0.15) is 5.56 Å². The highest BCUT2D eigenvalue weighted by Crippen LogP contribution is 2.25. The van der Waals surface area contributed by atoms with Crippen LogP contribution in [-0.4, -0.2) is 12.1 Å². The van der Waals surface area contributed by atoms with E-state index in [1.807, 2.05) is 19.1 Å². The SMILES string of the molecule is COc1ccc(F)c(-c2cc(C)ccn2)c1. The van der Waals surface area contributed by atoms with Gasteiger partial charge in [0, 0.05) is 11.8 Å². The Hall–Kier alpha value is -1.90. The van der Waals surface area contributed by atoms with Crippen LogP contribution >= 0.6 is 0 Å². The average Bonchev–Trinajstić information content (AvgIpc) is 2.30. The van der Waals surface area contributed by atoms with Gasteiger partial charge in [-0.2, -0.15) is 0 Å². The summed E-state index contributed by atoms with van der Waals surface area (Å²) in [5.41, 5.74) is 2.13. The molecule has 0 aliphatic carbocycles. The molecular formula is C13H12FNO. The number of halogens is 1. The van der Waals surface area contributed by atoms with Crippen molar-refractivity contribution in [2.45, 2.75) is 6.92 Å². The molecule has 0 aliphatic heterocycles. The summed E-state index contributed by atoms with van der Waals surface area (Å²) in [4.78, 5) is 4.15. The maximum atomic E-state index is 13.6. The van der Waals surface area contributed by atoms with Gasteiger partial charge in [-0.1, -0.05) is 0 Å². The smallest absolute Gasteiger partial charge is 0.132 e. The van der Waals surface area contributed by atoms with Crippen LogP contribution in [0.15, 0.2) is 36.5 Å². The summed E-state index contributed by atoms with van der Waals surface area (Å²) >= 11 is 0. The second-order valence-electron chi connectivity index (χ2n) is 3.56. The van der Waals surface area contributed by atoms with Gasteiger partial charge in [0.1, 0.15) is 11.6 Å². The van der Waals surface area contributed by atoms with Gasteiger partial charge in [-0.05, 0) is 42.8 Å². The molecule has 0 bridgehead atoms. The Bertz CT molecular complexity index is 511. The molecule has 2 rings (SSSR count). The second-order valence-corrected chi connectivity index (χ2v) is 3.56. The number of aryl methyl sites for hydroxylation is 1. The van der Waals surface area contributed by atoms with Gasteiger partial charge < -0.3 is 4.74 Å². The fourth-order valence-corrected chi connectivity index (χ4v) is 1.51. The van der Waals surface area contributed by atoms with Crippen LogP contribution in [0.25, 0.3) is 11.3 Å². The minimum Gasteiger partial charge on any atom is -0.497 e. The Balaban J connectivity index is 2.54. The van der Waals surface area contributed by atoms with Crippen molar-refractivity contribution in [3.8, 4) is 17.0 Å². The monoisotopic (exact) mass is 217 g/mol. The van der Waals surface area contributed by atoms with Crippen LogP contribution in [0.5, 0.6) is 5.75 Å². The molecule has 0 amide bonds. The Morgan fingerprint density at radius 2 is 2.00 bits per heavy atom. The van der Waals surface area contributed by atoms with Crippen LogP contribution in [0.4, 0.5) is 4.39 Å². The van der Waals surface area contributed by atoms with Gasteiger partial charge in [0.15, 0.2) is 0 Å². The second kappa shape index (κ2) is 4.31. The number of benzene rings is 1. The van der Waals surface area contributed by atoms with E-state index in [1.165, 1.54) is 6.07 Å². The quantitative estimate of drug-likeness (QED) is 0.770. The molecule has 0 fully saturated rings. The van der Waals surface area contributed by atoms with E-state index in [2.05, 4.69) is 4.98 Å². The summed E-state index contributed by atoms with van der Waals surface area (Å²) in [6, 6.07) is 8.35. The van der Waals surface area contributed by atoms with Gasteiger partial charge in [-0.15, -0.1) is 0 Å². The van der Waals surface area contributed by atoms with Gasteiger partial charge >= 0.3 is 0 Å². The Kier molecular flexibility index (Phi) is 2.86. The molecule has 2 aromatic rings. The predicted molar refractivity (Wildman–Crippen MR) is 60.9 cm³/mol. The molecule has 2 nitrogen and oxygen atoms in total. The number of nitrogens with zero attached hydrogens (tertiary/aromatic N) is 1. The number of aromatic nitrogens is 1. The summed E-state index contributed by atoms with van der Waals surface area (Å²) in [5, 5.41) is 0. The average molecular weight is 217 g/mol. The number of rotatable bonds is 2. The molecule has 16 heavy (non-hydrogen) atoms. The molecular weight excluding hydrogens is 205 g/mol. The van der Waals surface area contributed by atoms with Crippen molar-refractivity contribution in [2.24, 2.45) is 0 Å². The maximum absolute atomic E-state index is 13.6. The zero-order valence-electron chi connectivity index (χ0n) is 9.20. The first-order valence-corrected chi connectivity index (χ1v) is 4.97. The van der Waals surface area contributed by atoms with Crippen LogP contribution in [0, 0.1) is 12.7 Å². The van der Waals surface area contributed by atoms with E-state index in [0.717, 1.165) is 5.56 Å². The topological polar surface area (TPSA) is 22.1 Å². The van der Waals surface area contributed by atoms with Crippen molar-refractivity contribution in [1.82, 2.24) is 4.98 Å². The van der Waals surface area contributed by atoms with Crippen LogP contribution in [0.2, 0.25) is 0 Å². The standard InChI is InChI=1S/C13H12FNO/c1-9-5-6-15-13(7-9)11-8-10(16-2)3-4-12(11)14/h3-8H,1-2H3. The predicted octanol–water partition coefficient (Wildman–Crippen LogP) is 3.20. The lowest BCUT2D eigenvalue weighted by Gasteiger charge is -2.06. The Labute approximate surface area is 93.7 Å². The molecule has 0 unspecified atom stereocenters. The van der Waals surface area contributed by atoms with Crippen LogP contribution < -0.4 is 4.74 Å². The fraction of sp³-hybridized carbons (Fsp3) is 0.154. The zero-order valence-corrected chi connectivity index (χ0v) is 9.20. The number of pyridine rings is 1. The van der Waals surface area contributed by atoms with Crippen molar-refractivity contribution < 1.29 is 9.13 Å². The van der Waals surface area contributed by atoms with E-state index in [1.54, 1.807) is 25.4 Å². The van der Waals surface area contributed by atoms with E-state index in [9.17, 15) is 4.39 Å². The minimum atomic E-state index is -0.293. The lowest BCUT2D eigenvalue weighted by Crippen LogP contribution is -1.90. The third kappa shape index (κ3) is 2.03. The van der Waals surface area contributed by atoms with Crippen molar-refractivity contribution in [1.29, 1.82) is 0 Å². The molecule has 0 saturated carbocycles. The van der Waals surface area contributed by atoms with E-state index in [-0.39, 0.29) is 5.82 Å². The maximum Gasteiger partial charge on any atom is 0.132 e. The van der Waals surface area contributed by atoms with Crippen molar-refractivity contribution in [3.05, 3.63) is 47.9 Å². The first kappa shape index (κ1) is 10.6. The molecule has 0 N–H and O–H groups in total. The van der Waals surface area contributed by atoms with Gasteiger partial charge in [0.05, 0.1) is 12.8 Å². The molecule has 1 aromatic heterocycles. The van der Waals surface area contributed by atoms with Crippen LogP contribution in [0.3, 0.4) is 0 Å². The number of methoxy groups -OCH3 is 1. The van der Waals surface area contributed by atoms with Crippen LogP contribution in [-0.2, 0) is 0 Å². The number of hydrogen-bond acceptors (Lipinski definition) is 2. The minimum absolute atomic E-state index is 0.293. The summed E-state index contributed by atoms with van der Waals surface area (Å²) in [6.45, 7) is 1.95. The molecule has 0 atom stereocenters. The van der Waals surface area contributed by atoms with E-state index < -0.39 is 0 Å². The number of ether oxygens (including phenoxy) is 1. The van der Waals surface area contributed by atoms with E-state index in [4.69, 9.17) is 4.74 Å². The molecule has 82 valence electrons. The Morgan fingerprint density at radius 3 is 2.69 bits per heavy atom. The molecule has 0 radical (unpaired) electrons. The first-order valence-electron chi connectivity index (χ1n) is 4.97. The van der Waals surface area contributed by atoms with Crippen molar-refractivity contribution in [2.75, 3.05) is 7.11 Å². The summed E-state index contributed by atoms with van der Waals surface area (Å²) in [7, 11) is 1.56. The summed E-state index contributed by atoms with van der Waals surface area (Å²) < 4.78 is 18.7. The molecule has 0 spiro atoms. The zero-order chi connectivity index (χ0) is 11.5. The van der Waals surface area contributed by atoms with Crippen molar-refractivity contribution >= 4 is 0 Å². The van der Waals surface area contributed by atoms with Gasteiger partial charge in [0.2, 0.25) is 0 Å². The number of hydrogen-bond donors (Lipinski definition) is 0. The lowest BCUT2D eigenvalue weighted by atomic mass is 10.1. The van der Waals surface area contributed by atoms with E-state index in [0.29, 0.717) is 17.0 Å². The highest BCUT2D eigenvalue weighted by Gasteiger charge is 2.07. The highest BCUT2D eigenvalue weighted by molar-refractivity contribution is 5.62. The fourth-order valence-electron chi connectivity index (χ4n) is 1.51. The van der Waals surface area contributed by atoms with E-state index >= 15 is 0 Å². The Morgan fingerprint density at radius 1 is 1.19 bits per heavy atom. The molecule has 0 saturated heterocycles. The third-order valence-electron chi connectivity index (χ3n) is 2.36.